The standard InChI is InChI=1S/C23H26N2O7.CH4.ClH/c1-28-19-6-5-13(7-15(19)8-18(27)17(24)11-26)22-16(12-32-25-22)14-9-20(29-2)23(31-4)21(10-14)30-3;;/h5-7,9-10,12,17,26H,8,11,24H2,1-4H3;1H4;1H/p-1/t17-;;/m0../s1. The van der Waals surface area contributed by atoms with Crippen LogP contribution >= 0.6 is 0 Å². The second-order valence-corrected chi connectivity index (χ2v) is 6.95. The summed E-state index contributed by atoms with van der Waals surface area (Å²) < 4.78 is 26.9. The molecule has 34 heavy (non-hydrogen) atoms. The van der Waals surface area contributed by atoms with Crippen LogP contribution in [0.1, 0.15) is 13.0 Å². The first-order valence-corrected chi connectivity index (χ1v) is 9.78. The fourth-order valence-corrected chi connectivity index (χ4v) is 3.37. The molecule has 9 nitrogen and oxygen atoms in total. The number of Topliss-reactive ketones (excluding diaryl/α,β-unsaturated/α-hetero) is 1. The van der Waals surface area contributed by atoms with Gasteiger partial charge in [-0.15, -0.1) is 0 Å². The fourth-order valence-electron chi connectivity index (χ4n) is 3.37. The topological polar surface area (TPSA) is 126 Å². The van der Waals surface area contributed by atoms with E-state index in [9.17, 15) is 9.90 Å². The Kier molecular flexibility index (Phi) is 10.9. The molecule has 186 valence electrons. The van der Waals surface area contributed by atoms with Gasteiger partial charge in [0.2, 0.25) is 5.75 Å². The molecule has 3 aromatic rings. The zero-order valence-electron chi connectivity index (χ0n) is 18.8. The Morgan fingerprint density at radius 3 is 2.15 bits per heavy atom. The minimum Gasteiger partial charge on any atom is -1.00 e. The van der Waals surface area contributed by atoms with Crippen LogP contribution < -0.4 is 37.1 Å². The van der Waals surface area contributed by atoms with Crippen LogP contribution in [0.3, 0.4) is 0 Å². The van der Waals surface area contributed by atoms with E-state index in [2.05, 4.69) is 5.16 Å². The molecule has 0 aliphatic heterocycles. The third-order valence-electron chi connectivity index (χ3n) is 5.07. The van der Waals surface area contributed by atoms with Crippen LogP contribution in [0.25, 0.3) is 22.4 Å². The molecular weight excluding hydrogens is 464 g/mol. The average molecular weight is 494 g/mol. The summed E-state index contributed by atoms with van der Waals surface area (Å²) in [6.07, 6.45) is 1.53. The molecular formula is C24H30ClN2O7-. The summed E-state index contributed by atoms with van der Waals surface area (Å²) in [6.45, 7) is -0.421. The molecule has 0 bridgehead atoms. The number of aliphatic hydroxyl groups excluding tert-OH is 1. The van der Waals surface area contributed by atoms with E-state index in [1.165, 1.54) is 20.5 Å². The van der Waals surface area contributed by atoms with Gasteiger partial charge in [0.15, 0.2) is 17.3 Å². The number of benzene rings is 2. The summed E-state index contributed by atoms with van der Waals surface area (Å²) in [6, 6.07) is 8.00. The lowest BCUT2D eigenvalue weighted by molar-refractivity contribution is -0.120. The Bertz CT molecular complexity index is 1080. The van der Waals surface area contributed by atoms with Gasteiger partial charge in [-0.2, -0.15) is 0 Å². The van der Waals surface area contributed by atoms with Crippen LogP contribution in [0, 0.1) is 0 Å². The van der Waals surface area contributed by atoms with E-state index in [4.69, 9.17) is 29.2 Å². The van der Waals surface area contributed by atoms with E-state index in [1.807, 2.05) is 6.07 Å². The summed E-state index contributed by atoms with van der Waals surface area (Å²) in [5.41, 5.74) is 8.99. The number of aromatic nitrogens is 1. The van der Waals surface area contributed by atoms with Gasteiger partial charge in [-0.3, -0.25) is 4.79 Å². The molecule has 0 spiro atoms. The van der Waals surface area contributed by atoms with E-state index < -0.39 is 12.6 Å². The number of hydrogen-bond acceptors (Lipinski definition) is 9. The molecule has 0 saturated heterocycles. The second kappa shape index (κ2) is 12.8. The van der Waals surface area contributed by atoms with Crippen LogP contribution in [-0.2, 0) is 11.2 Å². The van der Waals surface area contributed by atoms with Crippen molar-refractivity contribution in [2.24, 2.45) is 5.73 Å². The molecule has 1 heterocycles. The summed E-state index contributed by atoms with van der Waals surface area (Å²) >= 11 is 0. The Morgan fingerprint density at radius 2 is 1.62 bits per heavy atom. The van der Waals surface area contributed by atoms with E-state index in [-0.39, 0.29) is 32.0 Å². The predicted octanol–water partition coefficient (Wildman–Crippen LogP) is 0.114. The quantitative estimate of drug-likeness (QED) is 0.404. The van der Waals surface area contributed by atoms with Crippen LogP contribution in [0.15, 0.2) is 41.1 Å². The van der Waals surface area contributed by atoms with Gasteiger partial charge < -0.3 is 46.7 Å². The lowest BCUT2D eigenvalue weighted by atomic mass is 9.97. The highest BCUT2D eigenvalue weighted by Crippen LogP contribution is 2.43. The molecule has 0 aliphatic rings. The van der Waals surface area contributed by atoms with E-state index in [0.717, 1.165) is 5.56 Å². The van der Waals surface area contributed by atoms with Gasteiger partial charge >= 0.3 is 0 Å². The summed E-state index contributed by atoms with van der Waals surface area (Å²) in [5, 5.41) is 13.3. The number of nitrogens with two attached hydrogens (primary N) is 1. The summed E-state index contributed by atoms with van der Waals surface area (Å²) in [7, 11) is 6.14. The maximum absolute atomic E-state index is 12.3. The number of halogens is 1. The number of ether oxygens (including phenoxy) is 4. The van der Waals surface area contributed by atoms with Crippen molar-refractivity contribution in [3.8, 4) is 45.4 Å². The number of carbonyl (C=O) groups excluding carboxylic acids is 1. The molecule has 10 heteroatoms. The average Bonchev–Trinajstić information content (AvgIpc) is 3.32. The van der Waals surface area contributed by atoms with Crippen LogP contribution in [0.2, 0.25) is 0 Å². The number of rotatable bonds is 10. The van der Waals surface area contributed by atoms with Crippen LogP contribution in [-0.4, -0.2) is 57.1 Å². The SMILES string of the molecule is C.COc1ccc(-c2nocc2-c2cc(OC)c(OC)c(OC)c2)cc1CC(=O)[C@@H](N)CO.[Cl-]. The highest BCUT2D eigenvalue weighted by Gasteiger charge is 2.21. The maximum atomic E-state index is 12.3. The largest absolute Gasteiger partial charge is 1.00 e. The molecule has 2 aromatic carbocycles. The van der Waals surface area contributed by atoms with Gasteiger partial charge in [0.25, 0.3) is 0 Å². The van der Waals surface area contributed by atoms with Crippen molar-refractivity contribution in [2.75, 3.05) is 35.0 Å². The van der Waals surface area contributed by atoms with Crippen LogP contribution in [0.5, 0.6) is 23.0 Å². The van der Waals surface area contributed by atoms with Crippen molar-refractivity contribution < 1.29 is 45.8 Å². The van der Waals surface area contributed by atoms with Crippen molar-refractivity contribution in [3.05, 3.63) is 42.2 Å². The van der Waals surface area contributed by atoms with Crippen molar-refractivity contribution >= 4 is 5.78 Å². The summed E-state index contributed by atoms with van der Waals surface area (Å²) in [4.78, 5) is 12.3. The van der Waals surface area contributed by atoms with Crippen LogP contribution in [0.4, 0.5) is 0 Å². The van der Waals surface area contributed by atoms with Gasteiger partial charge in [-0.1, -0.05) is 12.6 Å². The fraction of sp³-hybridized carbons (Fsp3) is 0.333. The van der Waals surface area contributed by atoms with Gasteiger partial charge in [0, 0.05) is 23.1 Å². The molecule has 1 aromatic heterocycles. The lowest BCUT2D eigenvalue weighted by Crippen LogP contribution is -3.00. The molecule has 0 fully saturated rings. The molecule has 0 unspecified atom stereocenters. The number of nitrogens with zero attached hydrogens (tertiary/aromatic N) is 1. The molecule has 0 saturated carbocycles. The van der Waals surface area contributed by atoms with Crippen molar-refractivity contribution in [3.63, 3.8) is 0 Å². The van der Waals surface area contributed by atoms with Gasteiger partial charge in [-0.05, 0) is 35.9 Å². The molecule has 0 aliphatic carbocycles. The smallest absolute Gasteiger partial charge is 0.203 e. The molecule has 3 rings (SSSR count). The summed E-state index contributed by atoms with van der Waals surface area (Å²) in [5.74, 6) is 1.70. The number of carbonyl (C=O) groups is 1. The number of hydrogen-bond donors (Lipinski definition) is 2. The minimum atomic E-state index is -0.954. The first kappa shape index (κ1) is 28.8. The monoisotopic (exact) mass is 493 g/mol. The number of methoxy groups -OCH3 is 4. The molecule has 3 N–H and O–H groups in total. The molecule has 1 atom stereocenters. The Labute approximate surface area is 205 Å². The highest BCUT2D eigenvalue weighted by atomic mass is 35.5. The first-order chi connectivity index (χ1) is 15.5. The second-order valence-electron chi connectivity index (χ2n) is 6.95. The zero-order chi connectivity index (χ0) is 23.3. The third kappa shape index (κ3) is 5.80. The van der Waals surface area contributed by atoms with E-state index in [0.29, 0.717) is 45.4 Å². The van der Waals surface area contributed by atoms with Gasteiger partial charge in [0.1, 0.15) is 17.7 Å². The molecule has 0 radical (unpaired) electrons. The van der Waals surface area contributed by atoms with Crippen molar-refractivity contribution in [1.82, 2.24) is 5.16 Å². The number of aliphatic hydroxyl groups is 1. The van der Waals surface area contributed by atoms with Crippen molar-refractivity contribution in [1.29, 1.82) is 0 Å². The number of ketones is 1. The Hall–Kier alpha value is -3.27. The van der Waals surface area contributed by atoms with Gasteiger partial charge in [-0.25, -0.2) is 0 Å². The lowest BCUT2D eigenvalue weighted by Gasteiger charge is -2.14. The van der Waals surface area contributed by atoms with Crippen molar-refractivity contribution in [2.45, 2.75) is 19.9 Å². The zero-order valence-corrected chi connectivity index (χ0v) is 19.5. The van der Waals surface area contributed by atoms with E-state index in [1.54, 1.807) is 38.5 Å². The normalized spacial score (nSPS) is 11.0. The first-order valence-electron chi connectivity index (χ1n) is 9.78. The Balaban J connectivity index is 0.00000289. The maximum Gasteiger partial charge on any atom is 0.203 e. The third-order valence-corrected chi connectivity index (χ3v) is 5.07. The van der Waals surface area contributed by atoms with E-state index >= 15 is 0 Å². The molecule has 0 amide bonds. The minimum absolute atomic E-state index is 0. The predicted molar refractivity (Wildman–Crippen MR) is 124 cm³/mol. The van der Waals surface area contributed by atoms with Gasteiger partial charge in [0.05, 0.1) is 41.1 Å². The Morgan fingerprint density at radius 1 is 1.00 bits per heavy atom. The highest BCUT2D eigenvalue weighted by molar-refractivity contribution is 5.88.